The summed E-state index contributed by atoms with van der Waals surface area (Å²) in [6, 6.07) is 32.3. The first-order valence-electron chi connectivity index (χ1n) is 10.4. The molecule has 0 heterocycles. The van der Waals surface area contributed by atoms with Gasteiger partial charge in [0, 0.05) is 0 Å². The van der Waals surface area contributed by atoms with Crippen LogP contribution in [0.5, 0.6) is 5.75 Å². The molecule has 1 aliphatic rings. The normalized spacial score (nSPS) is 14.1. The van der Waals surface area contributed by atoms with Crippen molar-refractivity contribution in [1.29, 1.82) is 0 Å². The Bertz CT molecular complexity index is 903. The second kappa shape index (κ2) is 9.10. The molecule has 29 heavy (non-hydrogen) atoms. The minimum atomic E-state index is -3.40. The van der Waals surface area contributed by atoms with Crippen molar-refractivity contribution in [2.45, 2.75) is 28.5 Å². The molecule has 0 fully saturated rings. The molecule has 0 aliphatic heterocycles. The number of rotatable bonds is 7. The predicted octanol–water partition coefficient (Wildman–Crippen LogP) is 7.16. The van der Waals surface area contributed by atoms with E-state index in [1.165, 1.54) is 22.3 Å². The Kier molecular flexibility index (Phi) is 6.31. The van der Waals surface area contributed by atoms with Gasteiger partial charge in [-0.2, -0.15) is 0 Å². The second-order valence-corrected chi connectivity index (χ2v) is 16.3. The SMILES string of the molecule is CC1=CCC(C)=[C]1[Zr]([CH2]c1ccccc1)([CH2]c1ccccc1)[O]c1ccccc1. The van der Waals surface area contributed by atoms with E-state index in [9.17, 15) is 0 Å². The average Bonchev–Trinajstić information content (AvgIpc) is 3.09. The van der Waals surface area contributed by atoms with Crippen LogP contribution in [-0.2, 0) is 29.0 Å². The third-order valence-corrected chi connectivity index (χ3v) is 16.3. The molecule has 0 N–H and O–H groups in total. The van der Waals surface area contributed by atoms with Crippen LogP contribution in [0.15, 0.2) is 111 Å². The van der Waals surface area contributed by atoms with E-state index in [4.69, 9.17) is 2.81 Å². The van der Waals surface area contributed by atoms with Crippen molar-refractivity contribution in [3.63, 3.8) is 0 Å². The number of hydrogen-bond donors (Lipinski definition) is 0. The summed E-state index contributed by atoms with van der Waals surface area (Å²) in [4.78, 5) is 0. The molecule has 0 atom stereocenters. The molecule has 3 aromatic rings. The van der Waals surface area contributed by atoms with Crippen molar-refractivity contribution < 1.29 is 23.5 Å². The van der Waals surface area contributed by atoms with Crippen LogP contribution in [-0.4, -0.2) is 0 Å². The molecule has 0 unspecified atom stereocenters. The first-order valence-corrected chi connectivity index (χ1v) is 16.1. The van der Waals surface area contributed by atoms with Crippen LogP contribution in [0.25, 0.3) is 0 Å². The van der Waals surface area contributed by atoms with Gasteiger partial charge in [0.05, 0.1) is 0 Å². The number of hydrogen-bond acceptors (Lipinski definition) is 1. The topological polar surface area (TPSA) is 9.23 Å². The van der Waals surface area contributed by atoms with Gasteiger partial charge < -0.3 is 0 Å². The monoisotopic (exact) mass is 458 g/mol. The fraction of sp³-hybridized carbons (Fsp3) is 0.185. The molecule has 4 rings (SSSR count). The zero-order valence-corrected chi connectivity index (χ0v) is 19.7. The molecule has 3 aromatic carbocycles. The van der Waals surface area contributed by atoms with Crippen molar-refractivity contribution in [3.05, 3.63) is 123 Å². The summed E-state index contributed by atoms with van der Waals surface area (Å²) in [5, 5.41) is 0. The molecule has 2 heteroatoms. The predicted molar refractivity (Wildman–Crippen MR) is 118 cm³/mol. The molecule has 1 nitrogen and oxygen atoms in total. The van der Waals surface area contributed by atoms with Crippen LogP contribution < -0.4 is 2.81 Å². The summed E-state index contributed by atoms with van der Waals surface area (Å²) >= 11 is -3.40. The second-order valence-electron chi connectivity index (χ2n) is 7.98. The third kappa shape index (κ3) is 4.70. The van der Waals surface area contributed by atoms with E-state index in [0.29, 0.717) is 0 Å². The molecule has 0 radical (unpaired) electrons. The molecular weight excluding hydrogens is 432 g/mol. The van der Waals surface area contributed by atoms with Crippen molar-refractivity contribution in [3.8, 4) is 5.75 Å². The molecule has 146 valence electrons. The van der Waals surface area contributed by atoms with Crippen molar-refractivity contribution in [2.24, 2.45) is 0 Å². The van der Waals surface area contributed by atoms with E-state index in [1.807, 2.05) is 0 Å². The third-order valence-electron chi connectivity index (χ3n) is 5.71. The van der Waals surface area contributed by atoms with Gasteiger partial charge in [0.15, 0.2) is 0 Å². The molecule has 0 saturated carbocycles. The van der Waals surface area contributed by atoms with Gasteiger partial charge in [0.2, 0.25) is 0 Å². The van der Waals surface area contributed by atoms with Gasteiger partial charge in [-0.25, -0.2) is 0 Å². The Morgan fingerprint density at radius 1 is 0.690 bits per heavy atom. The Labute approximate surface area is 179 Å². The zero-order valence-electron chi connectivity index (χ0n) is 17.3. The zero-order chi connectivity index (χ0) is 20.1. The molecule has 0 aromatic heterocycles. The van der Waals surface area contributed by atoms with E-state index in [0.717, 1.165) is 20.4 Å². The Hall–Kier alpha value is -2.18. The summed E-state index contributed by atoms with van der Waals surface area (Å²) in [6.07, 6.45) is 3.45. The van der Waals surface area contributed by atoms with Gasteiger partial charge in [-0.15, -0.1) is 0 Å². The summed E-state index contributed by atoms with van der Waals surface area (Å²) in [6.45, 7) is 4.58. The molecular formula is C27H28OZr. The van der Waals surface area contributed by atoms with Crippen molar-refractivity contribution in [2.75, 3.05) is 0 Å². The van der Waals surface area contributed by atoms with Crippen LogP contribution in [0.4, 0.5) is 0 Å². The van der Waals surface area contributed by atoms with Crippen LogP contribution in [0.2, 0.25) is 0 Å². The Morgan fingerprint density at radius 2 is 1.17 bits per heavy atom. The van der Waals surface area contributed by atoms with Crippen molar-refractivity contribution >= 4 is 0 Å². The Balaban J connectivity index is 1.85. The maximum absolute atomic E-state index is 7.15. The maximum atomic E-state index is 7.15. The van der Waals surface area contributed by atoms with Gasteiger partial charge in [-0.05, 0) is 0 Å². The van der Waals surface area contributed by atoms with E-state index in [-0.39, 0.29) is 0 Å². The van der Waals surface area contributed by atoms with E-state index in [1.54, 1.807) is 3.28 Å². The van der Waals surface area contributed by atoms with Gasteiger partial charge in [0.25, 0.3) is 0 Å². The Morgan fingerprint density at radius 3 is 1.62 bits per heavy atom. The minimum absolute atomic E-state index is 1.01. The molecule has 0 saturated heterocycles. The van der Waals surface area contributed by atoms with Gasteiger partial charge in [-0.1, -0.05) is 0 Å². The first-order chi connectivity index (χ1) is 14.2. The van der Waals surface area contributed by atoms with E-state index >= 15 is 0 Å². The standard InChI is InChI=1S/C7H9.2C7H7.C6H6O.Zr/c1-6-3-4-7(2)5-6;2*1-7-5-3-2-4-6-7;7-6-4-2-1-3-5-6;/h3H,4H2,1-2H3;2*2-6H,1H2;1-5,7H;/q;;;;+1/p-1. The summed E-state index contributed by atoms with van der Waals surface area (Å²) in [5.74, 6) is 1.01. The molecule has 0 amide bonds. The van der Waals surface area contributed by atoms with E-state index < -0.39 is 20.7 Å². The molecule has 0 spiro atoms. The number of benzene rings is 3. The van der Waals surface area contributed by atoms with Gasteiger partial charge in [0.1, 0.15) is 0 Å². The quantitative estimate of drug-likeness (QED) is 0.364. The van der Waals surface area contributed by atoms with Crippen molar-refractivity contribution in [1.82, 2.24) is 0 Å². The summed E-state index contributed by atoms with van der Waals surface area (Å²) in [7, 11) is 0. The van der Waals surface area contributed by atoms with Crippen LogP contribution in [0.1, 0.15) is 31.4 Å². The number of allylic oxidation sites excluding steroid dienone is 4. The summed E-state index contributed by atoms with van der Waals surface area (Å²) < 4.78 is 10.8. The number of para-hydroxylation sites is 1. The fourth-order valence-corrected chi connectivity index (χ4v) is 16.3. The van der Waals surface area contributed by atoms with E-state index in [2.05, 4.69) is 111 Å². The van der Waals surface area contributed by atoms with Crippen LogP contribution in [0, 0.1) is 0 Å². The van der Waals surface area contributed by atoms with Gasteiger partial charge >= 0.3 is 180 Å². The van der Waals surface area contributed by atoms with Crippen LogP contribution >= 0.6 is 0 Å². The average molecular weight is 460 g/mol. The summed E-state index contributed by atoms with van der Waals surface area (Å²) in [5.41, 5.74) is 5.70. The molecule has 1 aliphatic carbocycles. The van der Waals surface area contributed by atoms with Gasteiger partial charge in [-0.3, -0.25) is 0 Å². The first kappa shape index (κ1) is 20.1. The molecule has 0 bridgehead atoms. The van der Waals surface area contributed by atoms with Crippen LogP contribution in [0.3, 0.4) is 0 Å². The fourth-order valence-electron chi connectivity index (χ4n) is 4.52.